The van der Waals surface area contributed by atoms with Gasteiger partial charge in [-0.1, -0.05) is 78.6 Å². The van der Waals surface area contributed by atoms with Gasteiger partial charge in [0.2, 0.25) is 0 Å². The lowest BCUT2D eigenvalue weighted by Gasteiger charge is -2.20. The Morgan fingerprint density at radius 3 is 1.95 bits per heavy atom. The molecule has 0 radical (unpaired) electrons. The zero-order valence-corrected chi connectivity index (χ0v) is 13.3. The predicted molar refractivity (Wildman–Crippen MR) is 82.4 cm³/mol. The summed E-state index contributed by atoms with van der Waals surface area (Å²) in [5.41, 5.74) is 0. The van der Waals surface area contributed by atoms with Gasteiger partial charge in [-0.2, -0.15) is 0 Å². The van der Waals surface area contributed by atoms with E-state index >= 15 is 0 Å². The first kappa shape index (κ1) is 18.5. The number of hydrogen-bond donors (Lipinski definition) is 1. The Hall–Kier alpha value is -0.530. The molecular weight excluding hydrogens is 236 g/mol. The summed E-state index contributed by atoms with van der Waals surface area (Å²) in [6.45, 7) is 6.98. The fraction of sp³-hybridized carbons (Fsp3) is 0.941. The standard InChI is InChI=1S/C17H34O2/c1-4-5-12-16(15(2)3)13-10-8-6-7-9-11-14-17(18)19/h15-16H,4-14H2,1-3H3,(H,18,19). The Balaban J connectivity index is 3.42. The van der Waals surface area contributed by atoms with E-state index in [9.17, 15) is 4.79 Å². The SMILES string of the molecule is CCCCC(CCCCCCCCC(=O)O)C(C)C. The highest BCUT2D eigenvalue weighted by Gasteiger charge is 2.11. The van der Waals surface area contributed by atoms with E-state index in [1.165, 1.54) is 51.4 Å². The summed E-state index contributed by atoms with van der Waals surface area (Å²) in [5, 5.41) is 8.54. The van der Waals surface area contributed by atoms with Crippen LogP contribution >= 0.6 is 0 Å². The van der Waals surface area contributed by atoms with E-state index in [1.807, 2.05) is 0 Å². The second-order valence-corrected chi connectivity index (χ2v) is 6.20. The second-order valence-electron chi connectivity index (χ2n) is 6.20. The molecular formula is C17H34O2. The lowest BCUT2D eigenvalue weighted by Crippen LogP contribution is -2.08. The number of hydrogen-bond acceptors (Lipinski definition) is 1. The van der Waals surface area contributed by atoms with Crippen LogP contribution < -0.4 is 0 Å². The molecule has 1 atom stereocenters. The largest absolute Gasteiger partial charge is 0.481 e. The van der Waals surface area contributed by atoms with Crippen LogP contribution in [-0.2, 0) is 4.79 Å². The van der Waals surface area contributed by atoms with Gasteiger partial charge in [0.25, 0.3) is 0 Å². The predicted octanol–water partition coefficient (Wildman–Crippen LogP) is 5.65. The minimum atomic E-state index is -0.657. The van der Waals surface area contributed by atoms with E-state index in [4.69, 9.17) is 5.11 Å². The first-order chi connectivity index (χ1) is 9.07. The van der Waals surface area contributed by atoms with Crippen LogP contribution in [0.3, 0.4) is 0 Å². The summed E-state index contributed by atoms with van der Waals surface area (Å²) in [6, 6.07) is 0. The number of unbranched alkanes of at least 4 members (excludes halogenated alkanes) is 6. The third kappa shape index (κ3) is 12.3. The highest BCUT2D eigenvalue weighted by atomic mass is 16.4. The number of aliphatic carboxylic acids is 1. The molecule has 19 heavy (non-hydrogen) atoms. The van der Waals surface area contributed by atoms with Gasteiger partial charge in [0.05, 0.1) is 0 Å². The molecule has 0 aliphatic heterocycles. The van der Waals surface area contributed by atoms with Crippen molar-refractivity contribution in [2.45, 2.75) is 91.4 Å². The molecule has 0 saturated carbocycles. The van der Waals surface area contributed by atoms with Crippen LogP contribution in [0.5, 0.6) is 0 Å². The van der Waals surface area contributed by atoms with Crippen molar-refractivity contribution in [3.63, 3.8) is 0 Å². The Labute approximate surface area is 120 Å². The number of rotatable bonds is 13. The maximum Gasteiger partial charge on any atom is 0.303 e. The molecule has 2 heteroatoms. The topological polar surface area (TPSA) is 37.3 Å². The minimum absolute atomic E-state index is 0.340. The summed E-state index contributed by atoms with van der Waals surface area (Å²) >= 11 is 0. The van der Waals surface area contributed by atoms with Gasteiger partial charge in [0.1, 0.15) is 0 Å². The number of carbonyl (C=O) groups is 1. The third-order valence-electron chi connectivity index (χ3n) is 4.09. The maximum atomic E-state index is 10.4. The van der Waals surface area contributed by atoms with E-state index in [1.54, 1.807) is 0 Å². The molecule has 0 saturated heterocycles. The fourth-order valence-electron chi connectivity index (χ4n) is 2.67. The Morgan fingerprint density at radius 2 is 1.42 bits per heavy atom. The van der Waals surface area contributed by atoms with Gasteiger partial charge >= 0.3 is 5.97 Å². The molecule has 0 fully saturated rings. The van der Waals surface area contributed by atoms with Crippen LogP contribution in [0.15, 0.2) is 0 Å². The minimum Gasteiger partial charge on any atom is -0.481 e. The van der Waals surface area contributed by atoms with E-state index in [2.05, 4.69) is 20.8 Å². The Kier molecular flexibility index (Phi) is 12.2. The van der Waals surface area contributed by atoms with Gasteiger partial charge in [0.15, 0.2) is 0 Å². The summed E-state index contributed by atoms with van der Waals surface area (Å²) in [6.07, 6.45) is 12.9. The van der Waals surface area contributed by atoms with Gasteiger partial charge in [0, 0.05) is 6.42 Å². The zero-order valence-electron chi connectivity index (χ0n) is 13.3. The summed E-state index contributed by atoms with van der Waals surface area (Å²) in [7, 11) is 0. The smallest absolute Gasteiger partial charge is 0.303 e. The van der Waals surface area contributed by atoms with Gasteiger partial charge in [-0.3, -0.25) is 4.79 Å². The number of carboxylic acid groups (broad SMARTS) is 1. The van der Waals surface area contributed by atoms with Crippen LogP contribution in [0.2, 0.25) is 0 Å². The molecule has 0 amide bonds. The molecule has 0 spiro atoms. The van der Waals surface area contributed by atoms with E-state index in [0.29, 0.717) is 6.42 Å². The van der Waals surface area contributed by atoms with Crippen molar-refractivity contribution in [3.05, 3.63) is 0 Å². The Morgan fingerprint density at radius 1 is 0.895 bits per heavy atom. The average molecular weight is 270 g/mol. The lowest BCUT2D eigenvalue weighted by molar-refractivity contribution is -0.137. The van der Waals surface area contributed by atoms with Crippen LogP contribution in [-0.4, -0.2) is 11.1 Å². The molecule has 0 rings (SSSR count). The number of carboxylic acids is 1. The molecule has 0 heterocycles. The van der Waals surface area contributed by atoms with E-state index in [0.717, 1.165) is 24.7 Å². The van der Waals surface area contributed by atoms with Crippen molar-refractivity contribution < 1.29 is 9.90 Å². The first-order valence-electron chi connectivity index (χ1n) is 8.29. The highest BCUT2D eigenvalue weighted by molar-refractivity contribution is 5.66. The van der Waals surface area contributed by atoms with Crippen molar-refractivity contribution in [2.75, 3.05) is 0 Å². The van der Waals surface area contributed by atoms with Crippen molar-refractivity contribution in [1.82, 2.24) is 0 Å². The molecule has 114 valence electrons. The maximum absolute atomic E-state index is 10.4. The fourth-order valence-corrected chi connectivity index (χ4v) is 2.67. The first-order valence-corrected chi connectivity index (χ1v) is 8.29. The molecule has 0 aromatic rings. The van der Waals surface area contributed by atoms with Crippen molar-refractivity contribution in [3.8, 4) is 0 Å². The summed E-state index contributed by atoms with van der Waals surface area (Å²) in [5.74, 6) is 1.07. The molecule has 0 aromatic carbocycles. The van der Waals surface area contributed by atoms with Crippen LogP contribution in [0, 0.1) is 11.8 Å². The quantitative estimate of drug-likeness (QED) is 0.439. The van der Waals surface area contributed by atoms with Gasteiger partial charge < -0.3 is 5.11 Å². The normalized spacial score (nSPS) is 12.8. The van der Waals surface area contributed by atoms with Gasteiger partial charge in [-0.25, -0.2) is 0 Å². The van der Waals surface area contributed by atoms with Gasteiger partial charge in [-0.15, -0.1) is 0 Å². The van der Waals surface area contributed by atoms with Crippen LogP contribution in [0.1, 0.15) is 91.4 Å². The van der Waals surface area contributed by atoms with E-state index < -0.39 is 5.97 Å². The lowest BCUT2D eigenvalue weighted by atomic mass is 9.86. The highest BCUT2D eigenvalue weighted by Crippen LogP contribution is 2.24. The van der Waals surface area contributed by atoms with Crippen LogP contribution in [0.4, 0.5) is 0 Å². The molecule has 1 N–H and O–H groups in total. The van der Waals surface area contributed by atoms with Crippen LogP contribution in [0.25, 0.3) is 0 Å². The van der Waals surface area contributed by atoms with Crippen molar-refractivity contribution in [2.24, 2.45) is 11.8 Å². The average Bonchev–Trinajstić information content (AvgIpc) is 2.35. The molecule has 0 aliphatic rings. The monoisotopic (exact) mass is 270 g/mol. The summed E-state index contributed by atoms with van der Waals surface area (Å²) < 4.78 is 0. The molecule has 0 bridgehead atoms. The molecule has 0 aliphatic carbocycles. The third-order valence-corrected chi connectivity index (χ3v) is 4.09. The van der Waals surface area contributed by atoms with E-state index in [-0.39, 0.29) is 0 Å². The zero-order chi connectivity index (χ0) is 14.5. The van der Waals surface area contributed by atoms with Crippen molar-refractivity contribution >= 4 is 5.97 Å². The Bertz CT molecular complexity index is 211. The molecule has 0 aromatic heterocycles. The molecule has 1 unspecified atom stereocenters. The second kappa shape index (κ2) is 12.5. The van der Waals surface area contributed by atoms with Crippen molar-refractivity contribution in [1.29, 1.82) is 0 Å². The molecule has 2 nitrogen and oxygen atoms in total. The van der Waals surface area contributed by atoms with Gasteiger partial charge in [-0.05, 0) is 18.3 Å². The summed E-state index contributed by atoms with van der Waals surface area (Å²) in [4.78, 5) is 10.4.